The minimum atomic E-state index is -0.699. The molecule has 0 unspecified atom stereocenters. The smallest absolute Gasteiger partial charge is 0.408 e. The maximum atomic E-state index is 12.0. The van der Waals surface area contributed by atoms with Crippen LogP contribution in [0, 0.1) is 0 Å². The fourth-order valence-electron chi connectivity index (χ4n) is 1.78. The van der Waals surface area contributed by atoms with Crippen LogP contribution in [0.3, 0.4) is 0 Å². The molecule has 1 N–H and O–H groups in total. The van der Waals surface area contributed by atoms with Gasteiger partial charge in [-0.05, 0) is 33.3 Å². The lowest BCUT2D eigenvalue weighted by atomic mass is 10.00. The standard InChI is InChI=1S/C17H23NO4/c1-6-21-15(19)12(2)14(13-10-8-7-9-11-13)18-16(20)22-17(3,4)5/h7-11,14H,2,6H2,1,3-5H3,(H,18,20)/t14-/m0/s1. The van der Waals surface area contributed by atoms with Gasteiger partial charge in [-0.1, -0.05) is 36.9 Å². The average molecular weight is 305 g/mol. The average Bonchev–Trinajstić information content (AvgIpc) is 2.43. The quantitative estimate of drug-likeness (QED) is 0.669. The Morgan fingerprint density at radius 1 is 1.23 bits per heavy atom. The van der Waals surface area contributed by atoms with Gasteiger partial charge < -0.3 is 14.8 Å². The zero-order valence-electron chi connectivity index (χ0n) is 13.5. The van der Waals surface area contributed by atoms with Gasteiger partial charge >= 0.3 is 12.1 Å². The number of alkyl carbamates (subject to hydrolysis) is 1. The highest BCUT2D eigenvalue weighted by Gasteiger charge is 2.26. The van der Waals surface area contributed by atoms with E-state index < -0.39 is 23.7 Å². The first-order valence-electron chi connectivity index (χ1n) is 7.15. The highest BCUT2D eigenvalue weighted by Crippen LogP contribution is 2.22. The number of rotatable bonds is 5. The Hall–Kier alpha value is -2.30. The van der Waals surface area contributed by atoms with Crippen molar-refractivity contribution in [2.24, 2.45) is 0 Å². The van der Waals surface area contributed by atoms with Crippen LogP contribution in [0.1, 0.15) is 39.3 Å². The van der Waals surface area contributed by atoms with Crippen molar-refractivity contribution < 1.29 is 19.1 Å². The predicted molar refractivity (Wildman–Crippen MR) is 84.3 cm³/mol. The first kappa shape index (κ1) is 17.8. The van der Waals surface area contributed by atoms with Crippen LogP contribution in [0.5, 0.6) is 0 Å². The summed E-state index contributed by atoms with van der Waals surface area (Å²) in [5.41, 5.74) is 0.252. The molecule has 0 heterocycles. The first-order valence-corrected chi connectivity index (χ1v) is 7.15. The molecule has 1 amide bonds. The van der Waals surface area contributed by atoms with Crippen molar-refractivity contribution in [2.45, 2.75) is 39.3 Å². The minimum Gasteiger partial charge on any atom is -0.463 e. The topological polar surface area (TPSA) is 64.6 Å². The van der Waals surface area contributed by atoms with E-state index in [2.05, 4.69) is 11.9 Å². The lowest BCUT2D eigenvalue weighted by molar-refractivity contribution is -0.138. The Morgan fingerprint density at radius 2 is 1.82 bits per heavy atom. The van der Waals surface area contributed by atoms with Crippen molar-refractivity contribution in [1.82, 2.24) is 5.32 Å². The summed E-state index contributed by atoms with van der Waals surface area (Å²) in [6, 6.07) is 8.38. The molecule has 0 saturated heterocycles. The zero-order valence-corrected chi connectivity index (χ0v) is 13.5. The van der Waals surface area contributed by atoms with Crippen LogP contribution in [-0.2, 0) is 14.3 Å². The number of ether oxygens (including phenoxy) is 2. The molecule has 120 valence electrons. The Kier molecular flexibility index (Phi) is 6.16. The number of esters is 1. The van der Waals surface area contributed by atoms with E-state index in [1.165, 1.54) is 0 Å². The molecule has 1 rings (SSSR count). The van der Waals surface area contributed by atoms with Crippen LogP contribution >= 0.6 is 0 Å². The molecule has 0 radical (unpaired) electrons. The van der Waals surface area contributed by atoms with E-state index in [-0.39, 0.29) is 12.2 Å². The molecule has 1 aromatic carbocycles. The maximum absolute atomic E-state index is 12.0. The Bertz CT molecular complexity index is 531. The third kappa shape index (κ3) is 5.60. The molecule has 1 aromatic rings. The molecule has 0 aliphatic heterocycles. The molecular formula is C17H23NO4. The molecule has 0 aromatic heterocycles. The summed E-state index contributed by atoms with van der Waals surface area (Å²) >= 11 is 0. The molecule has 0 fully saturated rings. The summed E-state index contributed by atoms with van der Waals surface area (Å²) in [6.07, 6.45) is -0.619. The SMILES string of the molecule is C=C(C(=O)OCC)[C@H](NC(=O)OC(C)(C)C)c1ccccc1. The number of nitrogens with one attached hydrogen (secondary N) is 1. The first-order chi connectivity index (χ1) is 10.2. The van der Waals surface area contributed by atoms with Crippen LogP contribution in [-0.4, -0.2) is 24.3 Å². The van der Waals surface area contributed by atoms with Crippen LogP contribution < -0.4 is 5.32 Å². The van der Waals surface area contributed by atoms with Crippen LogP contribution in [0.4, 0.5) is 4.79 Å². The number of hydrogen-bond acceptors (Lipinski definition) is 4. The second-order valence-corrected chi connectivity index (χ2v) is 5.74. The van der Waals surface area contributed by atoms with E-state index in [9.17, 15) is 9.59 Å². The molecule has 0 saturated carbocycles. The van der Waals surface area contributed by atoms with Gasteiger partial charge in [-0.2, -0.15) is 0 Å². The minimum absolute atomic E-state index is 0.152. The summed E-state index contributed by atoms with van der Waals surface area (Å²) in [7, 11) is 0. The molecule has 22 heavy (non-hydrogen) atoms. The van der Waals surface area contributed by atoms with Crippen molar-refractivity contribution in [3.63, 3.8) is 0 Å². The fourth-order valence-corrected chi connectivity index (χ4v) is 1.78. The molecule has 5 heteroatoms. The number of carbonyl (C=O) groups is 2. The highest BCUT2D eigenvalue weighted by atomic mass is 16.6. The van der Waals surface area contributed by atoms with E-state index in [0.29, 0.717) is 0 Å². The van der Waals surface area contributed by atoms with Crippen molar-refractivity contribution >= 4 is 12.1 Å². The number of benzene rings is 1. The highest BCUT2D eigenvalue weighted by molar-refractivity contribution is 5.90. The Morgan fingerprint density at radius 3 is 2.32 bits per heavy atom. The number of carbonyl (C=O) groups excluding carboxylic acids is 2. The monoisotopic (exact) mass is 305 g/mol. The second-order valence-electron chi connectivity index (χ2n) is 5.74. The van der Waals surface area contributed by atoms with E-state index in [0.717, 1.165) is 5.56 Å². The lowest BCUT2D eigenvalue weighted by Gasteiger charge is -2.24. The zero-order chi connectivity index (χ0) is 16.8. The van der Waals surface area contributed by atoms with Crippen molar-refractivity contribution in [1.29, 1.82) is 0 Å². The van der Waals surface area contributed by atoms with Gasteiger partial charge in [0.25, 0.3) is 0 Å². The molecule has 0 aliphatic rings. The van der Waals surface area contributed by atoms with Gasteiger partial charge in [-0.15, -0.1) is 0 Å². The summed E-state index contributed by atoms with van der Waals surface area (Å²) in [5, 5.41) is 2.67. The molecular weight excluding hydrogens is 282 g/mol. The van der Waals surface area contributed by atoms with E-state index in [1.807, 2.05) is 18.2 Å². The molecule has 5 nitrogen and oxygen atoms in total. The lowest BCUT2D eigenvalue weighted by Crippen LogP contribution is -2.36. The van der Waals surface area contributed by atoms with Gasteiger partial charge in [0.05, 0.1) is 18.2 Å². The van der Waals surface area contributed by atoms with Gasteiger partial charge in [-0.3, -0.25) is 0 Å². The molecule has 0 bridgehead atoms. The molecule has 0 spiro atoms. The van der Waals surface area contributed by atoms with Crippen molar-refractivity contribution in [3.8, 4) is 0 Å². The van der Waals surface area contributed by atoms with Crippen LogP contribution in [0.2, 0.25) is 0 Å². The van der Waals surface area contributed by atoms with Gasteiger partial charge in [0, 0.05) is 0 Å². The molecule has 1 atom stereocenters. The van der Waals surface area contributed by atoms with E-state index >= 15 is 0 Å². The predicted octanol–water partition coefficient (Wildman–Crippen LogP) is 3.37. The van der Waals surface area contributed by atoms with Gasteiger partial charge in [0.1, 0.15) is 5.60 Å². The largest absolute Gasteiger partial charge is 0.463 e. The normalized spacial score (nSPS) is 12.2. The third-order valence-corrected chi connectivity index (χ3v) is 2.68. The number of amides is 1. The van der Waals surface area contributed by atoms with E-state index in [1.54, 1.807) is 39.8 Å². The Balaban J connectivity index is 2.95. The molecule has 0 aliphatic carbocycles. The summed E-state index contributed by atoms with van der Waals surface area (Å²) in [5.74, 6) is -0.549. The second kappa shape index (κ2) is 7.64. The maximum Gasteiger partial charge on any atom is 0.408 e. The van der Waals surface area contributed by atoms with E-state index in [4.69, 9.17) is 9.47 Å². The van der Waals surface area contributed by atoms with Crippen molar-refractivity contribution in [3.05, 3.63) is 48.0 Å². The van der Waals surface area contributed by atoms with Gasteiger partial charge in [0.2, 0.25) is 0 Å². The summed E-state index contributed by atoms with van der Waals surface area (Å²) in [6.45, 7) is 11.0. The summed E-state index contributed by atoms with van der Waals surface area (Å²) < 4.78 is 10.2. The van der Waals surface area contributed by atoms with Gasteiger partial charge in [0.15, 0.2) is 0 Å². The van der Waals surface area contributed by atoms with Gasteiger partial charge in [-0.25, -0.2) is 9.59 Å². The van der Waals surface area contributed by atoms with Crippen molar-refractivity contribution in [2.75, 3.05) is 6.61 Å². The third-order valence-electron chi connectivity index (χ3n) is 2.68. The summed E-state index contributed by atoms with van der Waals surface area (Å²) in [4.78, 5) is 23.9. The fraction of sp³-hybridized carbons (Fsp3) is 0.412. The number of hydrogen-bond donors (Lipinski definition) is 1. The van der Waals surface area contributed by atoms with Crippen LogP contribution in [0.25, 0.3) is 0 Å². The van der Waals surface area contributed by atoms with Crippen LogP contribution in [0.15, 0.2) is 42.5 Å². The Labute approximate surface area is 131 Å².